The van der Waals surface area contributed by atoms with Gasteiger partial charge in [-0.05, 0) is 61.2 Å². The minimum atomic E-state index is -0.163. The van der Waals surface area contributed by atoms with Crippen molar-refractivity contribution in [3.05, 3.63) is 94.6 Å². The molecule has 0 bridgehead atoms. The van der Waals surface area contributed by atoms with E-state index in [0.29, 0.717) is 0 Å². The molecule has 0 saturated heterocycles. The zero-order valence-electron chi connectivity index (χ0n) is 15.5. The zero-order valence-corrected chi connectivity index (χ0v) is 15.5. The summed E-state index contributed by atoms with van der Waals surface area (Å²) in [5, 5.41) is 0. The number of hydrogen-bond acceptors (Lipinski definition) is 1. The number of hydrogen-bond donors (Lipinski definition) is 0. The van der Waals surface area contributed by atoms with Gasteiger partial charge in [-0.15, -0.1) is 0 Å². The second-order valence-electron chi connectivity index (χ2n) is 7.34. The number of aromatic nitrogens is 1. The van der Waals surface area contributed by atoms with Crippen LogP contribution in [0, 0.1) is 19.7 Å². The Bertz CT molecular complexity index is 912. The molecule has 2 aromatic carbocycles. The minimum absolute atomic E-state index is 0.163. The largest absolute Gasteiger partial charge is 0.350 e. The van der Waals surface area contributed by atoms with Crippen LogP contribution in [0.5, 0.6) is 0 Å². The molecule has 0 fully saturated rings. The fraction of sp³-hybridized carbons (Fsp3) is 0.304. The maximum absolute atomic E-state index is 13.7. The number of halogens is 1. The summed E-state index contributed by atoms with van der Waals surface area (Å²) in [5.41, 5.74) is 6.29. The third-order valence-electron chi connectivity index (χ3n) is 5.35. The van der Waals surface area contributed by atoms with Crippen LogP contribution in [0.2, 0.25) is 0 Å². The molecule has 3 aromatic rings. The van der Waals surface area contributed by atoms with Gasteiger partial charge in [-0.25, -0.2) is 4.39 Å². The Morgan fingerprint density at radius 3 is 2.69 bits per heavy atom. The average molecular weight is 348 g/mol. The van der Waals surface area contributed by atoms with Gasteiger partial charge in [-0.3, -0.25) is 4.90 Å². The molecule has 0 spiro atoms. The van der Waals surface area contributed by atoms with Crippen molar-refractivity contribution in [3.8, 4) is 0 Å². The van der Waals surface area contributed by atoms with Crippen LogP contribution in [0.4, 0.5) is 4.39 Å². The standard InChI is InChI=1S/C23H25FN2/c1-17-9-10-21(18(2)14-17)23-22-8-4-11-25(22)12-5-13-26(23)16-19-6-3-7-20(24)15-19/h3-4,6-11,14-15,23H,5,12-13,16H2,1-2H3/t23-/m1/s1. The van der Waals surface area contributed by atoms with Gasteiger partial charge in [0.15, 0.2) is 0 Å². The molecule has 1 aliphatic heterocycles. The Morgan fingerprint density at radius 2 is 1.88 bits per heavy atom. The first-order valence-corrected chi connectivity index (χ1v) is 9.32. The quantitative estimate of drug-likeness (QED) is 0.628. The summed E-state index contributed by atoms with van der Waals surface area (Å²) in [5.74, 6) is -0.163. The molecule has 1 atom stereocenters. The summed E-state index contributed by atoms with van der Waals surface area (Å²) in [4.78, 5) is 2.49. The van der Waals surface area contributed by atoms with Crippen LogP contribution in [0.15, 0.2) is 60.8 Å². The number of rotatable bonds is 3. The molecule has 3 heteroatoms. The lowest BCUT2D eigenvalue weighted by molar-refractivity contribution is 0.219. The Hall–Kier alpha value is -2.39. The average Bonchev–Trinajstić information content (AvgIpc) is 2.98. The van der Waals surface area contributed by atoms with Gasteiger partial charge in [0.1, 0.15) is 5.82 Å². The van der Waals surface area contributed by atoms with Gasteiger partial charge in [0.25, 0.3) is 0 Å². The van der Waals surface area contributed by atoms with Crippen molar-refractivity contribution in [1.82, 2.24) is 9.47 Å². The van der Waals surface area contributed by atoms with E-state index in [1.807, 2.05) is 6.07 Å². The lowest BCUT2D eigenvalue weighted by Crippen LogP contribution is -2.30. The fourth-order valence-corrected chi connectivity index (χ4v) is 4.17. The molecule has 134 valence electrons. The molecular weight excluding hydrogens is 323 g/mol. The van der Waals surface area contributed by atoms with Gasteiger partial charge in [-0.2, -0.15) is 0 Å². The molecule has 0 unspecified atom stereocenters. The topological polar surface area (TPSA) is 8.17 Å². The molecule has 0 saturated carbocycles. The van der Waals surface area contributed by atoms with Gasteiger partial charge in [0.2, 0.25) is 0 Å². The van der Waals surface area contributed by atoms with Crippen molar-refractivity contribution in [2.75, 3.05) is 6.54 Å². The molecule has 4 rings (SSSR count). The van der Waals surface area contributed by atoms with Gasteiger partial charge >= 0.3 is 0 Å². The highest BCUT2D eigenvalue weighted by molar-refractivity contribution is 5.38. The number of aryl methyl sites for hydroxylation is 3. The van der Waals surface area contributed by atoms with E-state index in [0.717, 1.165) is 31.6 Å². The molecular formula is C23H25FN2. The van der Waals surface area contributed by atoms with Crippen LogP contribution in [-0.4, -0.2) is 16.0 Å². The maximum Gasteiger partial charge on any atom is 0.123 e. The van der Waals surface area contributed by atoms with E-state index in [-0.39, 0.29) is 11.9 Å². The molecule has 0 N–H and O–H groups in total. The van der Waals surface area contributed by atoms with E-state index in [1.165, 1.54) is 28.5 Å². The van der Waals surface area contributed by atoms with Crippen molar-refractivity contribution >= 4 is 0 Å². The van der Waals surface area contributed by atoms with E-state index in [1.54, 1.807) is 12.1 Å². The first-order chi connectivity index (χ1) is 12.6. The fourth-order valence-electron chi connectivity index (χ4n) is 4.17. The Morgan fingerprint density at radius 1 is 1.00 bits per heavy atom. The van der Waals surface area contributed by atoms with Crippen molar-refractivity contribution in [2.24, 2.45) is 0 Å². The Balaban J connectivity index is 1.78. The summed E-state index contributed by atoms with van der Waals surface area (Å²) in [7, 11) is 0. The molecule has 1 aliphatic rings. The summed E-state index contributed by atoms with van der Waals surface area (Å²) in [6.45, 7) is 7.11. The van der Waals surface area contributed by atoms with Gasteiger partial charge in [0, 0.05) is 31.5 Å². The highest BCUT2D eigenvalue weighted by Gasteiger charge is 2.28. The SMILES string of the molecule is Cc1ccc([C@@H]2c3cccn3CCCN2Cc2cccc(F)c2)c(C)c1. The lowest BCUT2D eigenvalue weighted by Gasteiger charge is -2.32. The Labute approximate surface area is 154 Å². The van der Waals surface area contributed by atoms with Gasteiger partial charge < -0.3 is 4.57 Å². The van der Waals surface area contributed by atoms with Gasteiger partial charge in [0.05, 0.1) is 6.04 Å². The van der Waals surface area contributed by atoms with E-state index >= 15 is 0 Å². The maximum atomic E-state index is 13.7. The predicted octanol–water partition coefficient (Wildman–Crippen LogP) is 5.24. The van der Waals surface area contributed by atoms with Gasteiger partial charge in [-0.1, -0.05) is 35.9 Å². The van der Waals surface area contributed by atoms with Crippen LogP contribution in [0.1, 0.15) is 40.4 Å². The molecule has 1 aromatic heterocycles. The van der Waals surface area contributed by atoms with Crippen LogP contribution < -0.4 is 0 Å². The predicted molar refractivity (Wildman–Crippen MR) is 104 cm³/mol. The minimum Gasteiger partial charge on any atom is -0.350 e. The van der Waals surface area contributed by atoms with E-state index < -0.39 is 0 Å². The molecule has 0 radical (unpaired) electrons. The van der Waals surface area contributed by atoms with Crippen LogP contribution >= 0.6 is 0 Å². The first kappa shape index (κ1) is 17.0. The Kier molecular flexibility index (Phi) is 4.64. The normalized spacial score (nSPS) is 17.7. The molecule has 2 nitrogen and oxygen atoms in total. The highest BCUT2D eigenvalue weighted by atomic mass is 19.1. The summed E-state index contributed by atoms with van der Waals surface area (Å²) in [6, 6.07) is 18.3. The van der Waals surface area contributed by atoms with Crippen molar-refractivity contribution < 1.29 is 4.39 Å². The summed E-state index contributed by atoms with van der Waals surface area (Å²) >= 11 is 0. The smallest absolute Gasteiger partial charge is 0.123 e. The molecule has 26 heavy (non-hydrogen) atoms. The number of nitrogens with zero attached hydrogens (tertiary/aromatic N) is 2. The molecule has 2 heterocycles. The molecule has 0 amide bonds. The second kappa shape index (κ2) is 7.08. The van der Waals surface area contributed by atoms with Crippen LogP contribution in [0.25, 0.3) is 0 Å². The van der Waals surface area contributed by atoms with Crippen molar-refractivity contribution in [2.45, 2.75) is 39.4 Å². The summed E-state index contributed by atoms with van der Waals surface area (Å²) in [6.07, 6.45) is 3.27. The first-order valence-electron chi connectivity index (χ1n) is 9.32. The third-order valence-corrected chi connectivity index (χ3v) is 5.35. The third kappa shape index (κ3) is 3.32. The van der Waals surface area contributed by atoms with Crippen LogP contribution in [-0.2, 0) is 13.1 Å². The summed E-state index contributed by atoms with van der Waals surface area (Å²) < 4.78 is 16.1. The molecule has 0 aliphatic carbocycles. The lowest BCUT2D eigenvalue weighted by atomic mass is 9.95. The number of fused-ring (bicyclic) bond motifs is 1. The van der Waals surface area contributed by atoms with Crippen molar-refractivity contribution in [1.29, 1.82) is 0 Å². The van der Waals surface area contributed by atoms with Crippen molar-refractivity contribution in [3.63, 3.8) is 0 Å². The van der Waals surface area contributed by atoms with Crippen LogP contribution in [0.3, 0.4) is 0 Å². The van der Waals surface area contributed by atoms with E-state index in [9.17, 15) is 4.39 Å². The monoisotopic (exact) mass is 348 g/mol. The highest BCUT2D eigenvalue weighted by Crippen LogP contribution is 2.35. The second-order valence-corrected chi connectivity index (χ2v) is 7.34. The van der Waals surface area contributed by atoms with E-state index in [2.05, 4.69) is 59.8 Å². The zero-order chi connectivity index (χ0) is 18.1. The number of benzene rings is 2. The van der Waals surface area contributed by atoms with E-state index in [4.69, 9.17) is 0 Å².